The topological polar surface area (TPSA) is 106 Å². The van der Waals surface area contributed by atoms with E-state index in [1.54, 1.807) is 29.1 Å². The molecule has 0 fully saturated rings. The molecule has 1 atom stereocenters. The van der Waals surface area contributed by atoms with Crippen molar-refractivity contribution < 1.29 is 13.9 Å². The molecule has 0 spiro atoms. The molecule has 160 valence electrons. The highest BCUT2D eigenvalue weighted by atomic mass is 19.1. The van der Waals surface area contributed by atoms with Crippen LogP contribution in [0.15, 0.2) is 65.7 Å². The summed E-state index contributed by atoms with van der Waals surface area (Å²) >= 11 is 0. The van der Waals surface area contributed by atoms with Crippen LogP contribution in [0.5, 0.6) is 0 Å². The van der Waals surface area contributed by atoms with Gasteiger partial charge in [0.15, 0.2) is 0 Å². The Bertz CT molecular complexity index is 1420. The standard InChI is InChI=1S/C23H18FN5O3/c1-32-23(31)16-12-29(11-15-21(16)27-28-22(15)30)19(13-6-8-14(24)9-7-13)10-20-25-17-4-2-3-5-18(17)26-20/h2-9,11-12,19H,10H2,1H3,(H,25,26)(H,28,30). The average Bonchev–Trinajstić information content (AvgIpc) is 3.40. The summed E-state index contributed by atoms with van der Waals surface area (Å²) in [6.45, 7) is 0. The van der Waals surface area contributed by atoms with Crippen molar-refractivity contribution in [2.24, 2.45) is 0 Å². The van der Waals surface area contributed by atoms with Crippen molar-refractivity contribution in [1.82, 2.24) is 24.7 Å². The molecule has 0 aliphatic carbocycles. The number of hydrogen-bond acceptors (Lipinski definition) is 5. The molecule has 2 aromatic carbocycles. The van der Waals surface area contributed by atoms with Gasteiger partial charge >= 0.3 is 5.97 Å². The van der Waals surface area contributed by atoms with Crippen LogP contribution in [0.2, 0.25) is 0 Å². The van der Waals surface area contributed by atoms with E-state index in [9.17, 15) is 14.0 Å². The molecule has 5 rings (SSSR count). The largest absolute Gasteiger partial charge is 0.465 e. The average molecular weight is 431 g/mol. The van der Waals surface area contributed by atoms with Crippen LogP contribution in [-0.4, -0.2) is 37.8 Å². The number of esters is 1. The van der Waals surface area contributed by atoms with Crippen molar-refractivity contribution >= 4 is 17.0 Å². The van der Waals surface area contributed by atoms with E-state index in [2.05, 4.69) is 20.2 Å². The van der Waals surface area contributed by atoms with Crippen molar-refractivity contribution in [1.29, 1.82) is 0 Å². The predicted molar refractivity (Wildman–Crippen MR) is 115 cm³/mol. The van der Waals surface area contributed by atoms with Crippen LogP contribution in [0.25, 0.3) is 22.3 Å². The minimum Gasteiger partial charge on any atom is -0.465 e. The Labute approximate surface area is 181 Å². The van der Waals surface area contributed by atoms with Gasteiger partial charge in [-0.05, 0) is 29.8 Å². The van der Waals surface area contributed by atoms with Gasteiger partial charge in [0.05, 0.1) is 29.7 Å². The van der Waals surface area contributed by atoms with Crippen molar-refractivity contribution in [3.8, 4) is 11.3 Å². The lowest BCUT2D eigenvalue weighted by Gasteiger charge is -2.22. The highest BCUT2D eigenvalue weighted by molar-refractivity contribution is 5.96. The van der Waals surface area contributed by atoms with E-state index in [0.717, 1.165) is 16.6 Å². The minimum absolute atomic E-state index is 0.153. The van der Waals surface area contributed by atoms with Gasteiger partial charge in [-0.2, -0.15) is 5.10 Å². The number of pyridine rings is 1. The summed E-state index contributed by atoms with van der Waals surface area (Å²) in [5.41, 5.74) is 2.73. The number of H-pyrrole nitrogens is 2. The number of para-hydroxylation sites is 2. The van der Waals surface area contributed by atoms with Crippen molar-refractivity contribution in [2.45, 2.75) is 12.5 Å². The minimum atomic E-state index is -0.613. The van der Waals surface area contributed by atoms with E-state index < -0.39 is 17.6 Å². The van der Waals surface area contributed by atoms with E-state index in [1.807, 2.05) is 24.3 Å². The monoisotopic (exact) mass is 431 g/mol. The van der Waals surface area contributed by atoms with Crippen LogP contribution in [0.1, 0.15) is 27.8 Å². The molecule has 0 saturated carbocycles. The summed E-state index contributed by atoms with van der Waals surface area (Å²) in [5.74, 6) is -0.261. The smallest absolute Gasteiger partial charge is 0.341 e. The zero-order chi connectivity index (χ0) is 22.2. The molecule has 9 heteroatoms. The van der Waals surface area contributed by atoms with Crippen molar-refractivity contribution in [3.05, 3.63) is 94.0 Å². The summed E-state index contributed by atoms with van der Waals surface area (Å²) in [6.07, 6.45) is 3.62. The fraction of sp³-hybridized carbons (Fsp3) is 0.130. The second-order valence-corrected chi connectivity index (χ2v) is 7.40. The number of halogens is 1. The number of ether oxygens (including phenoxy) is 1. The Morgan fingerprint density at radius 1 is 1.16 bits per heavy atom. The number of imidazole rings is 1. The third kappa shape index (κ3) is 3.43. The van der Waals surface area contributed by atoms with Gasteiger partial charge in [-0.3, -0.25) is 4.79 Å². The number of carbonyl (C=O) groups is 1. The first-order valence-corrected chi connectivity index (χ1v) is 9.91. The summed E-state index contributed by atoms with van der Waals surface area (Å²) in [5, 5.41) is 6.35. The number of rotatable bonds is 5. The summed E-state index contributed by atoms with van der Waals surface area (Å²) in [7, 11) is 1.27. The fourth-order valence-electron chi connectivity index (χ4n) is 3.86. The van der Waals surface area contributed by atoms with Crippen LogP contribution in [0.4, 0.5) is 4.39 Å². The fourth-order valence-corrected chi connectivity index (χ4v) is 3.86. The number of benzene rings is 2. The third-order valence-electron chi connectivity index (χ3n) is 5.43. The van der Waals surface area contributed by atoms with Crippen LogP contribution in [0, 0.1) is 5.82 Å². The number of carbonyl (C=O) groups excluding carboxylic acids is 1. The van der Waals surface area contributed by atoms with E-state index in [-0.39, 0.29) is 22.6 Å². The highest BCUT2D eigenvalue weighted by Crippen LogP contribution is 2.28. The second kappa shape index (κ2) is 7.77. The molecule has 2 N–H and O–H groups in total. The molecule has 3 aromatic rings. The molecule has 2 aliphatic heterocycles. The van der Waals surface area contributed by atoms with E-state index >= 15 is 0 Å². The molecule has 2 aliphatic rings. The zero-order valence-corrected chi connectivity index (χ0v) is 17.0. The van der Waals surface area contributed by atoms with Crippen LogP contribution < -0.4 is 5.56 Å². The Hall–Kier alpha value is -4.27. The number of methoxy groups -OCH3 is 1. The van der Waals surface area contributed by atoms with Gasteiger partial charge in [0.1, 0.15) is 22.9 Å². The number of hydrogen-bond donors (Lipinski definition) is 2. The Morgan fingerprint density at radius 3 is 2.69 bits per heavy atom. The summed E-state index contributed by atoms with van der Waals surface area (Å²) < 4.78 is 20.2. The van der Waals surface area contributed by atoms with E-state index in [1.165, 1.54) is 19.2 Å². The van der Waals surface area contributed by atoms with Gasteiger partial charge in [0.25, 0.3) is 5.56 Å². The van der Waals surface area contributed by atoms with Crippen molar-refractivity contribution in [3.63, 3.8) is 0 Å². The molecule has 0 saturated heterocycles. The molecule has 1 aromatic heterocycles. The number of nitrogens with zero attached hydrogens (tertiary/aromatic N) is 3. The molecule has 0 amide bonds. The maximum absolute atomic E-state index is 13.6. The quantitative estimate of drug-likeness (QED) is 0.416. The maximum Gasteiger partial charge on any atom is 0.341 e. The maximum atomic E-state index is 13.6. The number of aromatic nitrogens is 5. The molecule has 0 bridgehead atoms. The summed E-state index contributed by atoms with van der Waals surface area (Å²) in [4.78, 5) is 32.7. The van der Waals surface area contributed by atoms with Crippen molar-refractivity contribution in [2.75, 3.05) is 7.11 Å². The normalized spacial score (nSPS) is 12.3. The number of aromatic amines is 2. The molecular weight excluding hydrogens is 413 g/mol. The van der Waals surface area contributed by atoms with Crippen LogP contribution >= 0.6 is 0 Å². The summed E-state index contributed by atoms with van der Waals surface area (Å²) in [6, 6.07) is 13.4. The van der Waals surface area contributed by atoms with Gasteiger partial charge < -0.3 is 14.3 Å². The first-order valence-electron chi connectivity index (χ1n) is 9.91. The lowest BCUT2D eigenvalue weighted by molar-refractivity contribution is 0.0600. The highest BCUT2D eigenvalue weighted by Gasteiger charge is 2.25. The van der Waals surface area contributed by atoms with Gasteiger partial charge in [0, 0.05) is 18.8 Å². The van der Waals surface area contributed by atoms with Gasteiger partial charge in [-0.15, -0.1) is 0 Å². The first-order chi connectivity index (χ1) is 15.5. The number of fused-ring (bicyclic) bond motifs is 2. The molecule has 8 nitrogen and oxygen atoms in total. The van der Waals surface area contributed by atoms with Gasteiger partial charge in [0.2, 0.25) is 0 Å². The lowest BCUT2D eigenvalue weighted by atomic mass is 10.0. The van der Waals surface area contributed by atoms with Gasteiger partial charge in [-0.1, -0.05) is 24.3 Å². The molecule has 32 heavy (non-hydrogen) atoms. The Kier molecular flexibility index (Phi) is 4.78. The molecule has 0 radical (unpaired) electrons. The predicted octanol–water partition coefficient (Wildman–Crippen LogP) is 3.31. The first kappa shape index (κ1) is 19.7. The second-order valence-electron chi connectivity index (χ2n) is 7.40. The molecule has 1 unspecified atom stereocenters. The lowest BCUT2D eigenvalue weighted by Crippen LogP contribution is -2.19. The molecular formula is C23H18FN5O3. The Morgan fingerprint density at radius 2 is 1.94 bits per heavy atom. The van der Waals surface area contributed by atoms with Crippen LogP contribution in [0.3, 0.4) is 0 Å². The molecule has 3 heterocycles. The number of nitrogens with one attached hydrogen (secondary N) is 2. The van der Waals surface area contributed by atoms with Gasteiger partial charge in [-0.25, -0.2) is 19.3 Å². The zero-order valence-electron chi connectivity index (χ0n) is 17.0. The van der Waals surface area contributed by atoms with Crippen LogP contribution in [-0.2, 0) is 11.2 Å². The Balaban J connectivity index is 1.67. The SMILES string of the molecule is COC(=O)c1cn(C(Cc2nc3ccccc3[nH]2)c2ccc(F)cc2)cc2c(=O)[nH]nc1-2. The third-order valence-corrected chi connectivity index (χ3v) is 5.43. The van der Waals surface area contributed by atoms with E-state index in [0.29, 0.717) is 12.2 Å². The van der Waals surface area contributed by atoms with E-state index in [4.69, 9.17) is 4.74 Å².